The minimum atomic E-state index is -0.254. The summed E-state index contributed by atoms with van der Waals surface area (Å²) >= 11 is 0. The first kappa shape index (κ1) is 26.1. The third-order valence-corrected chi connectivity index (χ3v) is 7.16. The summed E-state index contributed by atoms with van der Waals surface area (Å²) in [6, 6.07) is 10.5. The Balaban J connectivity index is 1.65. The Morgan fingerprint density at radius 3 is 2.31 bits per heavy atom. The number of ether oxygens (including phenoxy) is 2. The van der Waals surface area contributed by atoms with E-state index in [0.29, 0.717) is 45.0 Å². The number of fused-ring (bicyclic) bond motifs is 1. The van der Waals surface area contributed by atoms with Crippen molar-refractivity contribution in [2.24, 2.45) is 0 Å². The van der Waals surface area contributed by atoms with Gasteiger partial charge >= 0.3 is 0 Å². The van der Waals surface area contributed by atoms with Crippen LogP contribution in [0.2, 0.25) is 0 Å². The third kappa shape index (κ3) is 5.72. The van der Waals surface area contributed by atoms with Crippen molar-refractivity contribution in [3.8, 4) is 0 Å². The number of methoxy groups -OCH3 is 2. The molecule has 1 aliphatic rings. The number of nitrogens with one attached hydrogen (secondary N) is 1. The summed E-state index contributed by atoms with van der Waals surface area (Å²) in [6.45, 7) is 10.7. The lowest BCUT2D eigenvalue weighted by Gasteiger charge is -2.34. The zero-order valence-corrected chi connectivity index (χ0v) is 21.8. The van der Waals surface area contributed by atoms with Gasteiger partial charge in [-0.15, -0.1) is 0 Å². The fourth-order valence-electron chi connectivity index (χ4n) is 4.87. The van der Waals surface area contributed by atoms with Gasteiger partial charge in [0.25, 0.3) is 5.91 Å². The summed E-state index contributed by atoms with van der Waals surface area (Å²) in [5.74, 6) is -0.203. The molecule has 194 valence electrons. The number of hydrogen-bond acceptors (Lipinski definition) is 5. The molecule has 1 amide bonds. The topological polar surface area (TPSA) is 59.0 Å². The molecule has 1 aromatic heterocycles. The van der Waals surface area contributed by atoms with E-state index in [1.165, 1.54) is 12.1 Å². The monoisotopic (exact) mass is 496 g/mol. The van der Waals surface area contributed by atoms with Gasteiger partial charge in [0, 0.05) is 76.7 Å². The van der Waals surface area contributed by atoms with Crippen molar-refractivity contribution < 1.29 is 18.7 Å². The zero-order valence-electron chi connectivity index (χ0n) is 21.8. The fourth-order valence-corrected chi connectivity index (χ4v) is 4.87. The molecule has 3 aromatic rings. The van der Waals surface area contributed by atoms with Crippen molar-refractivity contribution in [3.63, 3.8) is 0 Å². The average Bonchev–Trinajstić information content (AvgIpc) is 3.14. The number of amides is 1. The van der Waals surface area contributed by atoms with Crippen LogP contribution in [0.5, 0.6) is 0 Å². The van der Waals surface area contributed by atoms with E-state index >= 15 is 0 Å². The maximum absolute atomic E-state index is 13.6. The highest BCUT2D eigenvalue weighted by atomic mass is 19.1. The smallest absolute Gasteiger partial charge is 0.254 e. The molecule has 0 saturated carbocycles. The molecule has 4 rings (SSSR count). The summed E-state index contributed by atoms with van der Waals surface area (Å²) in [7, 11) is 3.41. The van der Waals surface area contributed by atoms with E-state index < -0.39 is 0 Å². The molecule has 0 atom stereocenters. The summed E-state index contributed by atoms with van der Waals surface area (Å²) in [4.78, 5) is 17.9. The Morgan fingerprint density at radius 2 is 1.64 bits per heavy atom. The molecule has 36 heavy (non-hydrogen) atoms. The second-order valence-corrected chi connectivity index (χ2v) is 9.38. The van der Waals surface area contributed by atoms with E-state index in [0.717, 1.165) is 53.0 Å². The highest BCUT2D eigenvalue weighted by Crippen LogP contribution is 2.33. The molecule has 2 aromatic carbocycles. The maximum atomic E-state index is 13.6. The molecular weight excluding hydrogens is 459 g/mol. The Hall–Kier alpha value is -2.94. The van der Waals surface area contributed by atoms with Gasteiger partial charge in [0.15, 0.2) is 0 Å². The van der Waals surface area contributed by atoms with E-state index in [1.54, 1.807) is 26.4 Å². The molecule has 0 spiro atoms. The van der Waals surface area contributed by atoms with Gasteiger partial charge in [-0.3, -0.25) is 9.69 Å². The first-order chi connectivity index (χ1) is 17.4. The quantitative estimate of drug-likeness (QED) is 0.459. The van der Waals surface area contributed by atoms with E-state index in [4.69, 9.17) is 9.47 Å². The van der Waals surface area contributed by atoms with Gasteiger partial charge in [-0.05, 0) is 49.2 Å². The van der Waals surface area contributed by atoms with Crippen LogP contribution in [0.25, 0.3) is 10.9 Å². The Bertz CT molecular complexity index is 1180. The van der Waals surface area contributed by atoms with Crippen molar-refractivity contribution in [3.05, 3.63) is 64.6 Å². The van der Waals surface area contributed by atoms with Crippen LogP contribution in [0.3, 0.4) is 0 Å². The second-order valence-electron chi connectivity index (χ2n) is 9.38. The molecule has 7 nitrogen and oxygen atoms in total. The van der Waals surface area contributed by atoms with Crippen molar-refractivity contribution in [2.75, 3.05) is 65.5 Å². The number of rotatable bonds is 10. The number of anilines is 1. The van der Waals surface area contributed by atoms with Crippen LogP contribution >= 0.6 is 0 Å². The summed E-state index contributed by atoms with van der Waals surface area (Å²) in [6.07, 6.45) is 0. The molecule has 1 fully saturated rings. The second kappa shape index (κ2) is 11.9. The molecule has 2 heterocycles. The van der Waals surface area contributed by atoms with Gasteiger partial charge in [-0.25, -0.2) is 4.39 Å². The number of carbonyl (C=O) groups is 1. The van der Waals surface area contributed by atoms with Crippen molar-refractivity contribution in [1.82, 2.24) is 14.4 Å². The largest absolute Gasteiger partial charge is 0.383 e. The predicted octanol–water partition coefficient (Wildman–Crippen LogP) is 4.06. The molecule has 0 radical (unpaired) electrons. The van der Waals surface area contributed by atoms with Crippen LogP contribution in [0.1, 0.15) is 27.2 Å². The van der Waals surface area contributed by atoms with Crippen LogP contribution in [0, 0.1) is 19.7 Å². The van der Waals surface area contributed by atoms with E-state index in [9.17, 15) is 9.18 Å². The van der Waals surface area contributed by atoms with Crippen LogP contribution < -0.4 is 5.32 Å². The maximum Gasteiger partial charge on any atom is 0.254 e. The van der Waals surface area contributed by atoms with Crippen LogP contribution in [-0.2, 0) is 22.6 Å². The third-order valence-electron chi connectivity index (χ3n) is 7.16. The fraction of sp³-hybridized carbons (Fsp3) is 0.464. The number of piperazine rings is 1. The van der Waals surface area contributed by atoms with Gasteiger partial charge < -0.3 is 24.3 Å². The lowest BCUT2D eigenvalue weighted by Crippen LogP contribution is -2.49. The van der Waals surface area contributed by atoms with Crippen LogP contribution in [-0.4, -0.2) is 80.4 Å². The minimum absolute atomic E-state index is 0.0508. The lowest BCUT2D eigenvalue weighted by atomic mass is 10.1. The van der Waals surface area contributed by atoms with Crippen molar-refractivity contribution >= 4 is 22.5 Å². The zero-order chi connectivity index (χ0) is 25.7. The molecular formula is C28H37FN4O3. The molecule has 8 heteroatoms. The Morgan fingerprint density at radius 1 is 0.972 bits per heavy atom. The first-order valence-electron chi connectivity index (χ1n) is 12.5. The minimum Gasteiger partial charge on any atom is -0.383 e. The van der Waals surface area contributed by atoms with Crippen LogP contribution in [0.4, 0.5) is 10.1 Å². The molecule has 1 aliphatic heterocycles. The normalized spacial score (nSPS) is 14.5. The number of aromatic nitrogens is 1. The van der Waals surface area contributed by atoms with Gasteiger partial charge in [-0.1, -0.05) is 12.1 Å². The average molecular weight is 497 g/mol. The van der Waals surface area contributed by atoms with Crippen molar-refractivity contribution in [1.29, 1.82) is 0 Å². The van der Waals surface area contributed by atoms with E-state index in [-0.39, 0.29) is 11.7 Å². The number of hydrogen-bond donors (Lipinski definition) is 1. The summed E-state index contributed by atoms with van der Waals surface area (Å²) in [5, 5.41) is 4.60. The predicted molar refractivity (Wildman–Crippen MR) is 141 cm³/mol. The number of aryl methyl sites for hydroxylation is 1. The molecule has 0 bridgehead atoms. The summed E-state index contributed by atoms with van der Waals surface area (Å²) in [5.41, 5.74) is 5.92. The SMILES string of the molecule is COCCN1CCN(C(=O)c2cc(NCc3ccc(F)cc3)c3c(c2)c(C)c(C)n3CCOC)CC1. The number of benzene rings is 2. The number of nitrogens with zero attached hydrogens (tertiary/aromatic N) is 3. The highest BCUT2D eigenvalue weighted by molar-refractivity contribution is 6.04. The molecule has 1 N–H and O–H groups in total. The molecule has 1 saturated heterocycles. The van der Waals surface area contributed by atoms with Gasteiger partial charge in [-0.2, -0.15) is 0 Å². The number of halogens is 1. The van der Waals surface area contributed by atoms with Gasteiger partial charge in [0.2, 0.25) is 0 Å². The summed E-state index contributed by atoms with van der Waals surface area (Å²) < 4.78 is 26.2. The first-order valence-corrected chi connectivity index (χ1v) is 12.5. The highest BCUT2D eigenvalue weighted by Gasteiger charge is 2.24. The lowest BCUT2D eigenvalue weighted by molar-refractivity contribution is 0.0594. The van der Waals surface area contributed by atoms with E-state index in [1.807, 2.05) is 17.0 Å². The van der Waals surface area contributed by atoms with Crippen molar-refractivity contribution in [2.45, 2.75) is 26.9 Å². The standard InChI is InChI=1S/C28H37FN4O3/c1-20-21(2)33(14-16-36-4)27-25(20)17-23(18-26(27)30-19-22-5-7-24(29)8-6-22)28(34)32-11-9-31(10-12-32)13-15-35-3/h5-8,17-18,30H,9-16,19H2,1-4H3. The molecule has 0 unspecified atom stereocenters. The molecule has 0 aliphatic carbocycles. The van der Waals surface area contributed by atoms with E-state index in [2.05, 4.69) is 28.6 Å². The Kier molecular flexibility index (Phi) is 8.61. The Labute approximate surface area is 212 Å². The number of carbonyl (C=O) groups excluding carboxylic acids is 1. The van der Waals surface area contributed by atoms with Gasteiger partial charge in [0.1, 0.15) is 5.82 Å². The van der Waals surface area contributed by atoms with Crippen LogP contribution in [0.15, 0.2) is 36.4 Å². The van der Waals surface area contributed by atoms with Gasteiger partial charge in [0.05, 0.1) is 24.4 Å².